The molecule has 1 atom stereocenters. The fourth-order valence-corrected chi connectivity index (χ4v) is 3.61. The third kappa shape index (κ3) is 1.95. The lowest BCUT2D eigenvalue weighted by Crippen LogP contribution is -2.27. The Morgan fingerprint density at radius 1 is 1.33 bits per heavy atom. The van der Waals surface area contributed by atoms with E-state index in [1.807, 2.05) is 12.1 Å². The lowest BCUT2D eigenvalue weighted by molar-refractivity contribution is -0.115. The van der Waals surface area contributed by atoms with Crippen molar-refractivity contribution in [1.29, 1.82) is 0 Å². The second-order valence-corrected chi connectivity index (χ2v) is 5.62. The van der Waals surface area contributed by atoms with Crippen molar-refractivity contribution in [3.05, 3.63) is 35.3 Å². The molecule has 1 N–H and O–H groups in total. The minimum absolute atomic E-state index is 0.0369. The summed E-state index contributed by atoms with van der Waals surface area (Å²) >= 11 is 2.90. The summed E-state index contributed by atoms with van der Waals surface area (Å²) in [5, 5.41) is 17.5. The van der Waals surface area contributed by atoms with E-state index in [-0.39, 0.29) is 17.0 Å². The van der Waals surface area contributed by atoms with Crippen LogP contribution in [0.5, 0.6) is 5.75 Å². The number of rotatable bonds is 2. The molecule has 5 nitrogen and oxygen atoms in total. The van der Waals surface area contributed by atoms with Gasteiger partial charge in [-0.25, -0.2) is 0 Å². The Morgan fingerprint density at radius 2 is 2.11 bits per heavy atom. The molecule has 92 valence electrons. The molecular weight excluding hydrogens is 270 g/mol. The van der Waals surface area contributed by atoms with Gasteiger partial charge in [-0.1, -0.05) is 23.5 Å². The summed E-state index contributed by atoms with van der Waals surface area (Å²) in [6.07, 6.45) is 0. The molecule has 1 aliphatic heterocycles. The Hall–Kier alpha value is -1.60. The van der Waals surface area contributed by atoms with Gasteiger partial charge in [0.25, 0.3) is 0 Å². The minimum Gasteiger partial charge on any atom is -0.508 e. The summed E-state index contributed by atoms with van der Waals surface area (Å²) in [5.74, 6) is 0.691. The van der Waals surface area contributed by atoms with Crippen molar-refractivity contribution in [3.63, 3.8) is 0 Å². The molecule has 0 bridgehead atoms. The van der Waals surface area contributed by atoms with E-state index in [4.69, 9.17) is 0 Å². The van der Waals surface area contributed by atoms with Gasteiger partial charge in [0.2, 0.25) is 11.0 Å². The van der Waals surface area contributed by atoms with Gasteiger partial charge in [0.15, 0.2) is 0 Å². The first-order valence-electron chi connectivity index (χ1n) is 5.24. The molecule has 2 heterocycles. The topological polar surface area (TPSA) is 66.3 Å². The van der Waals surface area contributed by atoms with Crippen LogP contribution in [0, 0.1) is 0 Å². The van der Waals surface area contributed by atoms with Gasteiger partial charge in [-0.05, 0) is 17.7 Å². The molecule has 1 aromatic heterocycles. The molecule has 1 saturated heterocycles. The first kappa shape index (κ1) is 11.5. The van der Waals surface area contributed by atoms with Gasteiger partial charge in [0.1, 0.15) is 16.6 Å². The Balaban J connectivity index is 1.96. The monoisotopic (exact) mass is 279 g/mol. The highest BCUT2D eigenvalue weighted by molar-refractivity contribution is 8.00. The number of carbonyl (C=O) groups is 1. The van der Waals surface area contributed by atoms with Crippen molar-refractivity contribution in [2.75, 3.05) is 10.7 Å². The number of phenolic OH excluding ortho intramolecular Hbond substituents is 1. The van der Waals surface area contributed by atoms with Crippen molar-refractivity contribution >= 4 is 34.1 Å². The molecule has 1 aromatic carbocycles. The summed E-state index contributed by atoms with van der Waals surface area (Å²) in [5.41, 5.74) is 2.58. The Labute approximate surface area is 111 Å². The molecule has 3 rings (SSSR count). The molecule has 18 heavy (non-hydrogen) atoms. The number of hydrogen-bond donors (Lipinski definition) is 1. The summed E-state index contributed by atoms with van der Waals surface area (Å²) in [4.78, 5) is 13.6. The summed E-state index contributed by atoms with van der Waals surface area (Å²) in [7, 11) is 0. The van der Waals surface area contributed by atoms with E-state index in [1.54, 1.807) is 34.3 Å². The van der Waals surface area contributed by atoms with Crippen LogP contribution in [-0.2, 0) is 4.79 Å². The van der Waals surface area contributed by atoms with Crippen LogP contribution in [-0.4, -0.2) is 27.0 Å². The summed E-state index contributed by atoms with van der Waals surface area (Å²) in [6.45, 7) is 0. The number of aromatic nitrogens is 2. The van der Waals surface area contributed by atoms with Crippen molar-refractivity contribution in [2.24, 2.45) is 0 Å². The molecular formula is C11H9N3O2S2. The second kappa shape index (κ2) is 4.58. The van der Waals surface area contributed by atoms with Crippen LogP contribution in [0.4, 0.5) is 5.13 Å². The van der Waals surface area contributed by atoms with E-state index in [1.165, 1.54) is 11.3 Å². The molecule has 0 aliphatic carbocycles. The lowest BCUT2D eigenvalue weighted by Gasteiger charge is -2.20. The molecule has 7 heteroatoms. The van der Waals surface area contributed by atoms with Crippen LogP contribution in [0.3, 0.4) is 0 Å². The van der Waals surface area contributed by atoms with Gasteiger partial charge in [-0.15, -0.1) is 22.0 Å². The lowest BCUT2D eigenvalue weighted by atomic mass is 10.2. The molecule has 1 unspecified atom stereocenters. The quantitative estimate of drug-likeness (QED) is 0.911. The van der Waals surface area contributed by atoms with Crippen molar-refractivity contribution < 1.29 is 9.90 Å². The molecule has 1 fully saturated rings. The standard InChI is InChI=1S/C11H9N3O2S2/c15-8-3-1-7(2-4-8)10-14(9(16)5-17-10)11-13-12-6-18-11/h1-4,6,10,15H,5H2. The predicted molar refractivity (Wildman–Crippen MR) is 70.7 cm³/mol. The van der Waals surface area contributed by atoms with Crippen LogP contribution in [0.25, 0.3) is 0 Å². The van der Waals surface area contributed by atoms with Gasteiger partial charge in [0.05, 0.1) is 5.75 Å². The van der Waals surface area contributed by atoms with Crippen LogP contribution >= 0.6 is 23.1 Å². The highest BCUT2D eigenvalue weighted by atomic mass is 32.2. The molecule has 1 aliphatic rings. The van der Waals surface area contributed by atoms with Gasteiger partial charge in [-0.3, -0.25) is 9.69 Å². The van der Waals surface area contributed by atoms with E-state index in [0.29, 0.717) is 10.9 Å². The number of hydrogen-bond acceptors (Lipinski definition) is 6. The van der Waals surface area contributed by atoms with Crippen LogP contribution < -0.4 is 4.90 Å². The maximum Gasteiger partial charge on any atom is 0.240 e. The smallest absolute Gasteiger partial charge is 0.240 e. The maximum atomic E-state index is 11.9. The first-order chi connectivity index (χ1) is 8.75. The number of thioether (sulfide) groups is 1. The number of benzene rings is 1. The number of phenols is 1. The van der Waals surface area contributed by atoms with Crippen molar-refractivity contribution in [1.82, 2.24) is 10.2 Å². The number of nitrogens with zero attached hydrogens (tertiary/aromatic N) is 3. The normalized spacial score (nSPS) is 19.4. The van der Waals surface area contributed by atoms with E-state index in [0.717, 1.165) is 5.56 Å². The van der Waals surface area contributed by atoms with Gasteiger partial charge in [-0.2, -0.15) is 0 Å². The third-order valence-corrected chi connectivity index (χ3v) is 4.50. The predicted octanol–water partition coefficient (Wildman–Crippen LogP) is 2.02. The summed E-state index contributed by atoms with van der Waals surface area (Å²) < 4.78 is 0. The van der Waals surface area contributed by atoms with E-state index in [9.17, 15) is 9.90 Å². The van der Waals surface area contributed by atoms with Crippen molar-refractivity contribution in [2.45, 2.75) is 5.37 Å². The third-order valence-electron chi connectivity index (χ3n) is 2.60. The highest BCUT2D eigenvalue weighted by Crippen LogP contribution is 2.42. The number of aromatic hydroxyl groups is 1. The average molecular weight is 279 g/mol. The van der Waals surface area contributed by atoms with E-state index >= 15 is 0 Å². The number of anilines is 1. The number of carbonyl (C=O) groups excluding carboxylic acids is 1. The molecule has 2 aromatic rings. The minimum atomic E-state index is -0.0916. The maximum absolute atomic E-state index is 11.9. The van der Waals surface area contributed by atoms with Gasteiger partial charge < -0.3 is 5.11 Å². The van der Waals surface area contributed by atoms with E-state index < -0.39 is 0 Å². The zero-order valence-corrected chi connectivity index (χ0v) is 10.8. The fourth-order valence-electron chi connectivity index (χ4n) is 1.79. The average Bonchev–Trinajstić information content (AvgIpc) is 2.99. The molecule has 1 amide bonds. The second-order valence-electron chi connectivity index (χ2n) is 3.74. The number of amides is 1. The van der Waals surface area contributed by atoms with E-state index in [2.05, 4.69) is 10.2 Å². The zero-order chi connectivity index (χ0) is 12.5. The SMILES string of the molecule is O=C1CSC(c2ccc(O)cc2)N1c1nncs1. The molecule has 0 saturated carbocycles. The highest BCUT2D eigenvalue weighted by Gasteiger charge is 2.35. The molecule has 0 radical (unpaired) electrons. The van der Waals surface area contributed by atoms with Gasteiger partial charge in [0, 0.05) is 0 Å². The van der Waals surface area contributed by atoms with Crippen LogP contribution in [0.15, 0.2) is 29.8 Å². The Morgan fingerprint density at radius 3 is 2.78 bits per heavy atom. The molecule has 0 spiro atoms. The zero-order valence-electron chi connectivity index (χ0n) is 9.18. The fraction of sp³-hybridized carbons (Fsp3) is 0.182. The van der Waals surface area contributed by atoms with Crippen molar-refractivity contribution in [3.8, 4) is 5.75 Å². The summed E-state index contributed by atoms with van der Waals surface area (Å²) in [6, 6.07) is 6.88. The Kier molecular flexibility index (Phi) is 2.92. The first-order valence-corrected chi connectivity index (χ1v) is 7.17. The van der Waals surface area contributed by atoms with Gasteiger partial charge >= 0.3 is 0 Å². The Bertz CT molecular complexity index is 556. The van der Waals surface area contributed by atoms with Crippen LogP contribution in [0.2, 0.25) is 0 Å². The van der Waals surface area contributed by atoms with Crippen LogP contribution in [0.1, 0.15) is 10.9 Å². The largest absolute Gasteiger partial charge is 0.508 e.